The maximum Gasteiger partial charge on any atom is 0.222 e. The van der Waals surface area contributed by atoms with E-state index in [9.17, 15) is 0 Å². The zero-order valence-electron chi connectivity index (χ0n) is 14.0. The number of nitrogens with zero attached hydrogens (tertiary/aromatic N) is 6. The largest absolute Gasteiger partial charge is 0.463 e. The first-order chi connectivity index (χ1) is 12.2. The third-order valence-corrected chi connectivity index (χ3v) is 3.67. The molecule has 0 aliphatic heterocycles. The monoisotopic (exact) mass is 372 g/mol. The standard InChI is InChI=1S/C16H16N8O.ClH/c1-18-8-10-4-2-5-11(19-10)9-24-15-14(22-23-24)13(20-16(17)21-15)12-6-3-7-25-12;/h2-7,18H,8-9H2,1H3,(H2,17,20,21);1H. The predicted molar refractivity (Wildman–Crippen MR) is 98.6 cm³/mol. The van der Waals surface area contributed by atoms with Crippen molar-refractivity contribution in [2.24, 2.45) is 0 Å². The van der Waals surface area contributed by atoms with E-state index in [0.29, 0.717) is 35.7 Å². The van der Waals surface area contributed by atoms with E-state index in [1.807, 2.05) is 25.2 Å². The number of halogens is 1. The Bertz CT molecular complexity index is 1010. The number of nitrogens with one attached hydrogen (secondary N) is 1. The van der Waals surface area contributed by atoms with Crippen molar-refractivity contribution in [1.29, 1.82) is 0 Å². The van der Waals surface area contributed by atoms with E-state index in [4.69, 9.17) is 10.2 Å². The summed E-state index contributed by atoms with van der Waals surface area (Å²) >= 11 is 0. The maximum atomic E-state index is 5.86. The highest BCUT2D eigenvalue weighted by Gasteiger charge is 2.17. The molecule has 0 fully saturated rings. The van der Waals surface area contributed by atoms with Crippen molar-refractivity contribution in [2.75, 3.05) is 12.8 Å². The van der Waals surface area contributed by atoms with E-state index in [1.54, 1.807) is 23.1 Å². The fraction of sp³-hybridized carbons (Fsp3) is 0.188. The number of pyridine rings is 1. The Balaban J connectivity index is 0.00000196. The van der Waals surface area contributed by atoms with Gasteiger partial charge in [0.25, 0.3) is 0 Å². The summed E-state index contributed by atoms with van der Waals surface area (Å²) in [4.78, 5) is 13.1. The molecule has 0 bridgehead atoms. The molecule has 0 saturated carbocycles. The number of rotatable bonds is 5. The SMILES string of the molecule is CNCc1cccc(Cn2nnc3c(-c4ccco4)nc(N)nc32)n1.Cl. The molecule has 4 heterocycles. The van der Waals surface area contributed by atoms with Gasteiger partial charge in [0.1, 0.15) is 5.69 Å². The normalized spacial score (nSPS) is 10.8. The lowest BCUT2D eigenvalue weighted by Crippen LogP contribution is -2.10. The first-order valence-corrected chi connectivity index (χ1v) is 7.74. The van der Waals surface area contributed by atoms with E-state index < -0.39 is 0 Å². The number of nitrogen functional groups attached to an aromatic ring is 1. The summed E-state index contributed by atoms with van der Waals surface area (Å²) in [6.07, 6.45) is 1.57. The molecule has 4 aromatic heterocycles. The van der Waals surface area contributed by atoms with Gasteiger partial charge in [0.2, 0.25) is 5.95 Å². The Kier molecular flexibility index (Phi) is 5.10. The van der Waals surface area contributed by atoms with Crippen LogP contribution in [0.1, 0.15) is 11.4 Å². The molecule has 0 aromatic carbocycles. The highest BCUT2D eigenvalue weighted by atomic mass is 35.5. The van der Waals surface area contributed by atoms with Crippen molar-refractivity contribution in [1.82, 2.24) is 35.3 Å². The number of aromatic nitrogens is 6. The lowest BCUT2D eigenvalue weighted by molar-refractivity contribution is 0.580. The minimum absolute atomic E-state index is 0. The van der Waals surface area contributed by atoms with E-state index in [-0.39, 0.29) is 18.4 Å². The molecule has 4 aromatic rings. The molecule has 0 amide bonds. The Morgan fingerprint density at radius 2 is 1.96 bits per heavy atom. The van der Waals surface area contributed by atoms with E-state index in [0.717, 1.165) is 11.4 Å². The van der Waals surface area contributed by atoms with Crippen molar-refractivity contribution in [3.05, 3.63) is 48.0 Å². The summed E-state index contributed by atoms with van der Waals surface area (Å²) in [5.41, 5.74) is 9.27. The molecular weight excluding hydrogens is 356 g/mol. The molecule has 0 aliphatic carbocycles. The fourth-order valence-electron chi connectivity index (χ4n) is 2.61. The minimum atomic E-state index is 0. The van der Waals surface area contributed by atoms with E-state index in [1.165, 1.54) is 0 Å². The highest BCUT2D eigenvalue weighted by molar-refractivity contribution is 5.86. The van der Waals surface area contributed by atoms with Crippen molar-refractivity contribution >= 4 is 29.5 Å². The number of nitrogens with two attached hydrogens (primary N) is 1. The summed E-state index contributed by atoms with van der Waals surface area (Å²) in [5, 5.41) is 11.5. The number of hydrogen-bond acceptors (Lipinski definition) is 8. The van der Waals surface area contributed by atoms with Crippen LogP contribution in [0.15, 0.2) is 41.0 Å². The first kappa shape index (κ1) is 17.8. The summed E-state index contributed by atoms with van der Waals surface area (Å²) in [6, 6.07) is 9.44. The van der Waals surface area contributed by atoms with Crippen LogP contribution in [-0.2, 0) is 13.1 Å². The van der Waals surface area contributed by atoms with Gasteiger partial charge in [-0.05, 0) is 31.3 Å². The molecule has 0 saturated heterocycles. The molecule has 26 heavy (non-hydrogen) atoms. The molecule has 0 atom stereocenters. The summed E-state index contributed by atoms with van der Waals surface area (Å²) in [5.74, 6) is 0.708. The molecule has 0 unspecified atom stereocenters. The molecule has 9 nitrogen and oxygen atoms in total. The first-order valence-electron chi connectivity index (χ1n) is 7.74. The summed E-state index contributed by atoms with van der Waals surface area (Å²) < 4.78 is 7.07. The second-order valence-corrected chi connectivity index (χ2v) is 5.48. The quantitative estimate of drug-likeness (QED) is 0.542. The van der Waals surface area contributed by atoms with E-state index in [2.05, 4.69) is 30.6 Å². The minimum Gasteiger partial charge on any atom is -0.463 e. The van der Waals surface area contributed by atoms with Crippen molar-refractivity contribution < 1.29 is 4.42 Å². The van der Waals surface area contributed by atoms with Crippen LogP contribution in [0.3, 0.4) is 0 Å². The van der Waals surface area contributed by atoms with Gasteiger partial charge in [-0.15, -0.1) is 17.5 Å². The lowest BCUT2D eigenvalue weighted by Gasteiger charge is -2.05. The van der Waals surface area contributed by atoms with Crippen LogP contribution >= 0.6 is 12.4 Å². The molecule has 4 rings (SSSR count). The number of anilines is 1. The Labute approximate surface area is 155 Å². The van der Waals surface area contributed by atoms with Crippen LogP contribution < -0.4 is 11.1 Å². The predicted octanol–water partition coefficient (Wildman–Crippen LogP) is 1.65. The second-order valence-electron chi connectivity index (χ2n) is 5.48. The third kappa shape index (κ3) is 3.35. The summed E-state index contributed by atoms with van der Waals surface area (Å²) in [6.45, 7) is 1.13. The maximum absolute atomic E-state index is 5.86. The third-order valence-electron chi connectivity index (χ3n) is 3.67. The molecule has 0 radical (unpaired) electrons. The second kappa shape index (κ2) is 7.46. The molecule has 0 aliphatic rings. The topological polar surface area (TPSA) is 121 Å². The zero-order chi connectivity index (χ0) is 17.2. The van der Waals surface area contributed by atoms with Crippen LogP contribution in [0.4, 0.5) is 5.95 Å². The van der Waals surface area contributed by atoms with Gasteiger partial charge in [-0.3, -0.25) is 4.98 Å². The Morgan fingerprint density at radius 3 is 2.73 bits per heavy atom. The number of fused-ring (bicyclic) bond motifs is 1. The average molecular weight is 373 g/mol. The number of hydrogen-bond donors (Lipinski definition) is 2. The molecule has 134 valence electrons. The molecular formula is C16H17ClN8O. The number of furan rings is 1. The summed E-state index contributed by atoms with van der Waals surface area (Å²) in [7, 11) is 1.88. The van der Waals surface area contributed by atoms with Gasteiger partial charge < -0.3 is 15.5 Å². The van der Waals surface area contributed by atoms with Crippen LogP contribution in [0.5, 0.6) is 0 Å². The average Bonchev–Trinajstić information content (AvgIpc) is 3.26. The molecule has 10 heteroatoms. The van der Waals surface area contributed by atoms with Crippen molar-refractivity contribution in [2.45, 2.75) is 13.1 Å². The van der Waals surface area contributed by atoms with Gasteiger partial charge in [0, 0.05) is 6.54 Å². The van der Waals surface area contributed by atoms with Gasteiger partial charge in [-0.25, -0.2) is 9.67 Å². The van der Waals surface area contributed by atoms with Gasteiger partial charge >= 0.3 is 0 Å². The van der Waals surface area contributed by atoms with Crippen LogP contribution in [0.25, 0.3) is 22.6 Å². The lowest BCUT2D eigenvalue weighted by atomic mass is 10.3. The molecule has 0 spiro atoms. The Morgan fingerprint density at radius 1 is 1.12 bits per heavy atom. The van der Waals surface area contributed by atoms with Crippen LogP contribution in [0.2, 0.25) is 0 Å². The van der Waals surface area contributed by atoms with Crippen LogP contribution in [-0.4, -0.2) is 37.0 Å². The van der Waals surface area contributed by atoms with Gasteiger partial charge in [0.05, 0.1) is 24.2 Å². The van der Waals surface area contributed by atoms with Crippen molar-refractivity contribution in [3.8, 4) is 11.5 Å². The van der Waals surface area contributed by atoms with Gasteiger partial charge in [-0.2, -0.15) is 4.98 Å². The Hall–Kier alpha value is -3.04. The van der Waals surface area contributed by atoms with Crippen molar-refractivity contribution in [3.63, 3.8) is 0 Å². The van der Waals surface area contributed by atoms with Gasteiger partial charge in [0.15, 0.2) is 16.9 Å². The van der Waals surface area contributed by atoms with Crippen LogP contribution in [0, 0.1) is 0 Å². The molecule has 3 N–H and O–H groups in total. The smallest absolute Gasteiger partial charge is 0.222 e. The van der Waals surface area contributed by atoms with E-state index >= 15 is 0 Å². The fourth-order valence-corrected chi connectivity index (χ4v) is 2.61. The highest BCUT2D eigenvalue weighted by Crippen LogP contribution is 2.25. The van der Waals surface area contributed by atoms with Gasteiger partial charge in [-0.1, -0.05) is 11.3 Å². The zero-order valence-corrected chi connectivity index (χ0v) is 14.8.